The number of nitrogens with one attached hydrogen (secondary N) is 1. The van der Waals surface area contributed by atoms with E-state index in [2.05, 4.69) is 20.3 Å². The van der Waals surface area contributed by atoms with Crippen LogP contribution in [-0.2, 0) is 20.7 Å². The van der Waals surface area contributed by atoms with Crippen LogP contribution in [0.5, 0.6) is 5.75 Å². The maximum Gasteiger partial charge on any atom is 0.316 e. The summed E-state index contributed by atoms with van der Waals surface area (Å²) in [4.78, 5) is 23.1. The lowest BCUT2D eigenvalue weighted by Gasteiger charge is -2.07. The highest BCUT2D eigenvalue weighted by molar-refractivity contribution is 8.01. The number of amides is 1. The van der Waals surface area contributed by atoms with E-state index in [0.717, 1.165) is 16.9 Å². The van der Waals surface area contributed by atoms with Gasteiger partial charge in [0.1, 0.15) is 5.75 Å². The van der Waals surface area contributed by atoms with E-state index in [0.29, 0.717) is 22.3 Å². The topological polar surface area (TPSA) is 90.4 Å². The maximum atomic E-state index is 12.0. The molecule has 2 rings (SSSR count). The van der Waals surface area contributed by atoms with E-state index in [1.54, 1.807) is 7.11 Å². The average molecular weight is 381 g/mol. The molecular weight excluding hydrogens is 362 g/mol. The molecule has 7 nitrogen and oxygen atoms in total. The summed E-state index contributed by atoms with van der Waals surface area (Å²) in [6.07, 6.45) is 0.968. The summed E-state index contributed by atoms with van der Waals surface area (Å²) in [5.74, 6) is 0.532. The fourth-order valence-electron chi connectivity index (χ4n) is 2.03. The van der Waals surface area contributed by atoms with Crippen LogP contribution in [0.1, 0.15) is 17.5 Å². The van der Waals surface area contributed by atoms with Crippen molar-refractivity contribution in [2.24, 2.45) is 0 Å². The molecule has 0 aliphatic heterocycles. The molecule has 0 spiro atoms. The number of carbonyl (C=O) groups is 2. The molecule has 0 atom stereocenters. The van der Waals surface area contributed by atoms with Crippen molar-refractivity contribution in [1.82, 2.24) is 10.2 Å². The van der Waals surface area contributed by atoms with Gasteiger partial charge in [0.2, 0.25) is 11.0 Å². The zero-order chi connectivity index (χ0) is 18.2. The number of carbonyl (C=O) groups excluding carboxylic acids is 2. The quantitative estimate of drug-likeness (QED) is 0.427. The minimum atomic E-state index is -0.333. The van der Waals surface area contributed by atoms with Crippen LogP contribution in [0.3, 0.4) is 0 Å². The van der Waals surface area contributed by atoms with Gasteiger partial charge >= 0.3 is 5.97 Å². The van der Waals surface area contributed by atoms with Gasteiger partial charge in [-0.1, -0.05) is 35.2 Å². The van der Waals surface area contributed by atoms with Gasteiger partial charge in [-0.3, -0.25) is 9.59 Å². The van der Waals surface area contributed by atoms with Crippen LogP contribution in [0.15, 0.2) is 22.5 Å². The summed E-state index contributed by atoms with van der Waals surface area (Å²) < 4.78 is 10.4. The summed E-state index contributed by atoms with van der Waals surface area (Å²) in [7, 11) is 2.97. The van der Waals surface area contributed by atoms with E-state index in [4.69, 9.17) is 4.74 Å². The van der Waals surface area contributed by atoms with Gasteiger partial charge in [-0.05, 0) is 30.5 Å². The fraction of sp³-hybridized carbons (Fsp3) is 0.375. The number of aryl methyl sites for hydroxylation is 2. The Morgan fingerprint density at radius 1 is 1.28 bits per heavy atom. The summed E-state index contributed by atoms with van der Waals surface area (Å²) in [5.41, 5.74) is 2.11. The third-order valence-corrected chi connectivity index (χ3v) is 5.24. The van der Waals surface area contributed by atoms with Crippen molar-refractivity contribution >= 4 is 40.1 Å². The zero-order valence-corrected chi connectivity index (χ0v) is 15.8. The zero-order valence-electron chi connectivity index (χ0n) is 14.2. The van der Waals surface area contributed by atoms with Crippen molar-refractivity contribution < 1.29 is 19.1 Å². The largest absolute Gasteiger partial charge is 0.496 e. The second-order valence-electron chi connectivity index (χ2n) is 5.09. The maximum absolute atomic E-state index is 12.0. The smallest absolute Gasteiger partial charge is 0.316 e. The van der Waals surface area contributed by atoms with Crippen LogP contribution in [-0.4, -0.2) is 42.0 Å². The van der Waals surface area contributed by atoms with E-state index in [1.165, 1.54) is 30.2 Å². The van der Waals surface area contributed by atoms with Crippen LogP contribution in [0, 0.1) is 6.92 Å². The van der Waals surface area contributed by atoms with Gasteiger partial charge in [-0.15, -0.1) is 10.2 Å². The van der Waals surface area contributed by atoms with E-state index < -0.39 is 0 Å². The van der Waals surface area contributed by atoms with Crippen molar-refractivity contribution in [3.8, 4) is 5.75 Å². The lowest BCUT2D eigenvalue weighted by atomic mass is 10.1. The summed E-state index contributed by atoms with van der Waals surface area (Å²) in [5, 5.41) is 11.0. The number of esters is 1. The first-order chi connectivity index (χ1) is 12.0. The van der Waals surface area contributed by atoms with Crippen LogP contribution >= 0.6 is 23.1 Å². The molecule has 0 saturated heterocycles. The molecule has 0 aliphatic carbocycles. The normalized spacial score (nSPS) is 10.4. The Morgan fingerprint density at radius 2 is 2.08 bits per heavy atom. The van der Waals surface area contributed by atoms with Crippen LogP contribution < -0.4 is 10.1 Å². The molecule has 2 aromatic rings. The molecule has 0 unspecified atom stereocenters. The standard InChI is InChI=1S/C16H19N3O4S2/c1-10-8-11(4-6-12(10)22-2)5-7-13(20)17-15-18-19-16(25-15)24-9-14(21)23-3/h4,6,8H,5,7,9H2,1-3H3,(H,17,18,20). The number of hydrogen-bond donors (Lipinski definition) is 1. The predicted octanol–water partition coefficient (Wildman–Crippen LogP) is 2.69. The molecule has 1 amide bonds. The van der Waals surface area contributed by atoms with Gasteiger partial charge in [0.05, 0.1) is 20.0 Å². The first-order valence-corrected chi connectivity index (χ1v) is 9.28. The first kappa shape index (κ1) is 19.2. The highest BCUT2D eigenvalue weighted by Gasteiger charge is 2.11. The summed E-state index contributed by atoms with van der Waals surface area (Å²) >= 11 is 2.45. The Balaban J connectivity index is 1.81. The van der Waals surface area contributed by atoms with Gasteiger partial charge in [0, 0.05) is 6.42 Å². The molecule has 9 heteroatoms. The number of rotatable bonds is 8. The Morgan fingerprint density at radius 3 is 2.76 bits per heavy atom. The van der Waals surface area contributed by atoms with Gasteiger partial charge in [0.25, 0.3) is 0 Å². The Bertz CT molecular complexity index is 749. The minimum absolute atomic E-state index is 0.130. The fourth-order valence-corrected chi connectivity index (χ4v) is 3.63. The Labute approximate surface area is 154 Å². The molecule has 0 fully saturated rings. The summed E-state index contributed by atoms with van der Waals surface area (Å²) in [6, 6.07) is 5.86. The molecule has 1 aromatic heterocycles. The number of ether oxygens (including phenoxy) is 2. The second-order valence-corrected chi connectivity index (χ2v) is 7.29. The monoisotopic (exact) mass is 381 g/mol. The molecule has 1 aromatic carbocycles. The Kier molecular flexibility index (Phi) is 7.20. The van der Waals surface area contributed by atoms with Gasteiger partial charge in [-0.25, -0.2) is 0 Å². The number of methoxy groups -OCH3 is 2. The second kappa shape index (κ2) is 9.38. The van der Waals surface area contributed by atoms with Crippen LogP contribution in [0.4, 0.5) is 5.13 Å². The molecule has 0 bridgehead atoms. The third kappa shape index (κ3) is 6.02. The van der Waals surface area contributed by atoms with E-state index in [-0.39, 0.29) is 17.6 Å². The molecule has 1 N–H and O–H groups in total. The van der Waals surface area contributed by atoms with Crippen molar-refractivity contribution in [3.63, 3.8) is 0 Å². The highest BCUT2D eigenvalue weighted by Crippen LogP contribution is 2.25. The third-order valence-electron chi connectivity index (χ3n) is 3.29. The van der Waals surface area contributed by atoms with Crippen LogP contribution in [0.25, 0.3) is 0 Å². The lowest BCUT2D eigenvalue weighted by Crippen LogP contribution is -2.12. The number of hydrogen-bond acceptors (Lipinski definition) is 8. The van der Waals surface area contributed by atoms with Gasteiger partial charge < -0.3 is 14.8 Å². The lowest BCUT2D eigenvalue weighted by molar-refractivity contribution is -0.137. The predicted molar refractivity (Wildman–Crippen MR) is 97.3 cm³/mol. The van der Waals surface area contributed by atoms with Crippen LogP contribution in [0.2, 0.25) is 0 Å². The minimum Gasteiger partial charge on any atom is -0.496 e. The van der Waals surface area contributed by atoms with Gasteiger partial charge in [0.15, 0.2) is 4.34 Å². The van der Waals surface area contributed by atoms with E-state index in [1.807, 2.05) is 25.1 Å². The Hall–Kier alpha value is -2.13. The number of aromatic nitrogens is 2. The SMILES string of the molecule is COC(=O)CSc1nnc(NC(=O)CCc2ccc(OC)c(C)c2)s1. The number of benzene rings is 1. The number of anilines is 1. The molecule has 0 saturated carbocycles. The number of thioether (sulfide) groups is 1. The van der Waals surface area contributed by atoms with Crippen molar-refractivity contribution in [2.75, 3.05) is 25.3 Å². The molecule has 0 aliphatic rings. The first-order valence-electron chi connectivity index (χ1n) is 7.48. The van der Waals surface area contributed by atoms with Crippen molar-refractivity contribution in [1.29, 1.82) is 0 Å². The number of nitrogens with zero attached hydrogens (tertiary/aromatic N) is 2. The summed E-state index contributed by atoms with van der Waals surface area (Å²) in [6.45, 7) is 1.97. The molecule has 0 radical (unpaired) electrons. The molecule has 1 heterocycles. The average Bonchev–Trinajstić information content (AvgIpc) is 3.05. The van der Waals surface area contributed by atoms with E-state index >= 15 is 0 Å². The molecule has 25 heavy (non-hydrogen) atoms. The van der Waals surface area contributed by atoms with Crippen molar-refractivity contribution in [2.45, 2.75) is 24.1 Å². The molecular formula is C16H19N3O4S2. The molecule has 134 valence electrons. The van der Waals surface area contributed by atoms with Crippen molar-refractivity contribution in [3.05, 3.63) is 29.3 Å². The highest BCUT2D eigenvalue weighted by atomic mass is 32.2. The van der Waals surface area contributed by atoms with Gasteiger partial charge in [-0.2, -0.15) is 0 Å². The van der Waals surface area contributed by atoms with E-state index in [9.17, 15) is 9.59 Å².